The van der Waals surface area contributed by atoms with Crippen LogP contribution in [-0.4, -0.2) is 9.52 Å². The maximum Gasteiger partial charge on any atom is 0.0920 e. The largest absolute Gasteiger partial charge is 0.184 e. The van der Waals surface area contributed by atoms with Crippen molar-refractivity contribution in [3.63, 3.8) is 0 Å². The quantitative estimate of drug-likeness (QED) is 0.123. The second-order valence-electron chi connectivity index (χ2n) is 15.0. The van der Waals surface area contributed by atoms with E-state index in [2.05, 4.69) is 187 Å². The Labute approximate surface area is 325 Å². The molecule has 0 bridgehead atoms. The summed E-state index contributed by atoms with van der Waals surface area (Å²) in [5.74, 6) is 0. The van der Waals surface area contributed by atoms with Gasteiger partial charge >= 0.3 is 37.9 Å². The van der Waals surface area contributed by atoms with Crippen LogP contribution >= 0.6 is 17.0 Å². The normalized spacial score (nSPS) is 11.8. The Hall–Kier alpha value is -3.39. The first-order chi connectivity index (χ1) is 24.5. The van der Waals surface area contributed by atoms with Crippen LogP contribution < -0.4 is 10.4 Å². The zero-order chi connectivity index (χ0) is 36.2. The summed E-state index contributed by atoms with van der Waals surface area (Å²) >= 11 is -0.826. The van der Waals surface area contributed by atoms with Crippen LogP contribution in [-0.2, 0) is 31.7 Å². The molecule has 0 N–H and O–H groups in total. The topological polar surface area (TPSA) is 0 Å². The Morgan fingerprint density at radius 3 is 1.76 bits per heavy atom. The molecule has 1 heterocycles. The van der Waals surface area contributed by atoms with Gasteiger partial charge in [0.15, 0.2) is 0 Å². The molecule has 0 amide bonds. The van der Waals surface area contributed by atoms with Crippen LogP contribution in [0.2, 0.25) is 0 Å². The number of halogens is 2. The number of benzene rings is 6. The van der Waals surface area contributed by atoms with Crippen molar-refractivity contribution in [1.82, 2.24) is 0 Å². The van der Waals surface area contributed by atoms with Crippen molar-refractivity contribution in [2.75, 3.05) is 0 Å². The summed E-state index contributed by atoms with van der Waals surface area (Å²) in [7, 11) is 10.7. The monoisotopic (exact) mass is 794 g/mol. The summed E-state index contributed by atoms with van der Waals surface area (Å²) in [5.41, 5.74) is 13.4. The summed E-state index contributed by atoms with van der Waals surface area (Å²) in [5, 5.41) is 5.43. The van der Waals surface area contributed by atoms with Crippen LogP contribution in [0.15, 0.2) is 146 Å². The van der Waals surface area contributed by atoms with E-state index in [-0.39, 0.29) is 10.8 Å². The van der Waals surface area contributed by atoms with Gasteiger partial charge in [0.05, 0.1) is 9.52 Å². The predicted molar refractivity (Wildman–Crippen MR) is 221 cm³/mol. The molecule has 0 saturated heterocycles. The van der Waals surface area contributed by atoms with Gasteiger partial charge in [0.2, 0.25) is 0 Å². The van der Waals surface area contributed by atoms with Crippen molar-refractivity contribution in [3.8, 4) is 44.5 Å². The molecule has 2 radical (unpaired) electrons. The molecule has 0 unspecified atom stereocenters. The fraction of sp³-hybridized carbons (Fsp3) is 0.170. The summed E-state index contributed by atoms with van der Waals surface area (Å²) in [6, 6.07) is 56.3. The Bertz CT molecular complexity index is 2160. The van der Waals surface area contributed by atoms with Gasteiger partial charge in [0.1, 0.15) is 0 Å². The van der Waals surface area contributed by atoms with Gasteiger partial charge in [-0.3, -0.25) is 0 Å². The third-order valence-corrected chi connectivity index (χ3v) is 10.7. The van der Waals surface area contributed by atoms with Crippen molar-refractivity contribution >= 4 is 47.7 Å². The van der Waals surface area contributed by atoms with Crippen LogP contribution in [0.5, 0.6) is 0 Å². The van der Waals surface area contributed by atoms with E-state index < -0.39 is 20.8 Å². The minimum Gasteiger partial charge on any atom is -0.184 e. The van der Waals surface area contributed by atoms with Crippen molar-refractivity contribution < 1.29 is 20.8 Å². The number of hydrogen-bond donors (Lipinski definition) is 0. The summed E-state index contributed by atoms with van der Waals surface area (Å²) in [4.78, 5) is 0. The molecule has 252 valence electrons. The molecule has 1 aliphatic heterocycles. The third kappa shape index (κ3) is 8.64. The standard InChI is InChI=1S/C35H35.C12H7Si.2ClH.Zr/c1-34(2,3)29-20-28(21-30(23-29)35(4,5)6)33-31(25-15-11-8-12-16-25)18-17-26-19-27(22-32(26)33)24-13-9-7-10-14-24;1-3-7-11-9(5-1)10-6-2-4-8-12(10)13-11;;;/h7-23H,1-6H3;1-7H;2*1H;/q2*-1;;;+4/p-2. The molecule has 0 spiro atoms. The van der Waals surface area contributed by atoms with E-state index in [1.807, 2.05) is 6.07 Å². The second kappa shape index (κ2) is 16.1. The molecule has 4 heteroatoms. The van der Waals surface area contributed by atoms with Gasteiger partial charge in [0, 0.05) is 0 Å². The molecule has 7 aromatic carbocycles. The summed E-state index contributed by atoms with van der Waals surface area (Å²) < 4.78 is 0. The molecule has 8 rings (SSSR count). The molecule has 0 nitrogen and oxygen atoms in total. The van der Waals surface area contributed by atoms with Crippen molar-refractivity contribution in [2.24, 2.45) is 0 Å². The second-order valence-corrected chi connectivity index (χ2v) is 20.0. The van der Waals surface area contributed by atoms with E-state index in [1.54, 1.807) is 0 Å². The third-order valence-electron chi connectivity index (χ3n) is 9.37. The smallest absolute Gasteiger partial charge is 0.0920 e. The maximum atomic E-state index is 4.93. The average molecular weight is 797 g/mol. The van der Waals surface area contributed by atoms with E-state index in [0.29, 0.717) is 0 Å². The summed E-state index contributed by atoms with van der Waals surface area (Å²) in [6.07, 6.45) is 0. The fourth-order valence-electron chi connectivity index (χ4n) is 6.61. The minimum absolute atomic E-state index is 0.0675. The summed E-state index contributed by atoms with van der Waals surface area (Å²) in [6.45, 7) is 13.9. The van der Waals surface area contributed by atoms with Gasteiger partial charge in [-0.05, 0) is 44.2 Å². The Morgan fingerprint density at radius 2 is 1.14 bits per heavy atom. The number of fused-ring (bicyclic) bond motifs is 4. The molecule has 51 heavy (non-hydrogen) atoms. The SMILES string of the molecule is CC(C)(C)c1cc(-c2c(-c3ccccc3)ccc3[cH-]c(-c4ccccc4)cc23)cc(C(C)(C)C)c1.[Cl][Zr+2][Cl].[c-]1cccc2c1[Si]c1ccccc1-2. The molecular formula is C47H42Cl2SiZr. The molecule has 0 aromatic heterocycles. The molecule has 1 aliphatic rings. The van der Waals surface area contributed by atoms with Crippen LogP contribution in [0.4, 0.5) is 0 Å². The van der Waals surface area contributed by atoms with Gasteiger partial charge < -0.3 is 0 Å². The van der Waals surface area contributed by atoms with E-state index in [1.165, 1.54) is 76.8 Å². The molecule has 0 fully saturated rings. The Balaban J connectivity index is 0.000000230. The van der Waals surface area contributed by atoms with Crippen molar-refractivity contribution in [3.05, 3.63) is 163 Å². The van der Waals surface area contributed by atoms with Gasteiger partial charge in [-0.2, -0.15) is 29.5 Å². The molecular weight excluding hydrogens is 755 g/mol. The van der Waals surface area contributed by atoms with Gasteiger partial charge in [-0.1, -0.05) is 167 Å². The van der Waals surface area contributed by atoms with Gasteiger partial charge in [0.25, 0.3) is 0 Å². The average Bonchev–Trinajstić information content (AvgIpc) is 3.74. The first-order valence-electron chi connectivity index (χ1n) is 17.3. The van der Waals surface area contributed by atoms with E-state index >= 15 is 0 Å². The first-order valence-corrected chi connectivity index (χ1v) is 24.6. The number of hydrogen-bond acceptors (Lipinski definition) is 0. The van der Waals surface area contributed by atoms with Gasteiger partial charge in [-0.15, -0.1) is 40.1 Å². The van der Waals surface area contributed by atoms with Crippen molar-refractivity contribution in [1.29, 1.82) is 0 Å². The predicted octanol–water partition coefficient (Wildman–Crippen LogP) is 12.7. The fourth-order valence-corrected chi connectivity index (χ4v) is 7.92. The van der Waals surface area contributed by atoms with Crippen LogP contribution in [0.1, 0.15) is 52.7 Å². The van der Waals surface area contributed by atoms with Crippen LogP contribution in [0.3, 0.4) is 0 Å². The zero-order valence-corrected chi connectivity index (χ0v) is 35.1. The van der Waals surface area contributed by atoms with Gasteiger partial charge in [-0.25, -0.2) is 0 Å². The zero-order valence-electron chi connectivity index (χ0n) is 30.1. The molecule has 0 atom stereocenters. The van der Waals surface area contributed by atoms with Crippen LogP contribution in [0.25, 0.3) is 55.3 Å². The number of rotatable bonds is 3. The van der Waals surface area contributed by atoms with Crippen LogP contribution in [0, 0.1) is 6.07 Å². The Kier molecular flexibility index (Phi) is 11.8. The van der Waals surface area contributed by atoms with E-state index in [0.717, 1.165) is 9.52 Å². The Morgan fingerprint density at radius 1 is 0.569 bits per heavy atom. The van der Waals surface area contributed by atoms with E-state index in [9.17, 15) is 0 Å². The minimum atomic E-state index is -0.826. The molecule has 7 aromatic rings. The molecule has 0 saturated carbocycles. The maximum absolute atomic E-state index is 4.93. The van der Waals surface area contributed by atoms with E-state index in [4.69, 9.17) is 17.0 Å². The molecule has 0 aliphatic carbocycles. The first kappa shape index (κ1) is 37.4. The van der Waals surface area contributed by atoms with Crippen molar-refractivity contribution in [2.45, 2.75) is 52.4 Å².